The summed E-state index contributed by atoms with van der Waals surface area (Å²) in [7, 11) is 0. The van der Waals surface area contributed by atoms with Crippen LogP contribution >= 0.6 is 0 Å². The second-order valence-electron chi connectivity index (χ2n) is 4.33. The Morgan fingerprint density at radius 1 is 1.35 bits per heavy atom. The van der Waals surface area contributed by atoms with Crippen LogP contribution in [-0.2, 0) is 0 Å². The van der Waals surface area contributed by atoms with Gasteiger partial charge in [0.1, 0.15) is 17.5 Å². The number of nitrogens with zero attached hydrogens (tertiary/aromatic N) is 2. The summed E-state index contributed by atoms with van der Waals surface area (Å²) < 4.78 is 0. The van der Waals surface area contributed by atoms with Crippen LogP contribution in [0.25, 0.3) is 0 Å². The number of anilines is 2. The van der Waals surface area contributed by atoms with Gasteiger partial charge in [0.05, 0.1) is 0 Å². The van der Waals surface area contributed by atoms with E-state index in [-0.39, 0.29) is 6.61 Å². The molecule has 6 heteroatoms. The molecule has 6 nitrogen and oxygen atoms in total. The summed E-state index contributed by atoms with van der Waals surface area (Å²) in [6.45, 7) is 2.80. The van der Waals surface area contributed by atoms with Crippen molar-refractivity contribution in [2.45, 2.75) is 32.1 Å². The van der Waals surface area contributed by atoms with E-state index >= 15 is 0 Å². The van der Waals surface area contributed by atoms with Crippen LogP contribution < -0.4 is 16.6 Å². The van der Waals surface area contributed by atoms with Crippen molar-refractivity contribution in [1.29, 1.82) is 0 Å². The molecule has 0 amide bonds. The van der Waals surface area contributed by atoms with Gasteiger partial charge in [-0.1, -0.05) is 0 Å². The molecule has 1 aromatic heterocycles. The molecule has 0 aromatic carbocycles. The topological polar surface area (TPSA) is 96.1 Å². The Balaban J connectivity index is 2.18. The van der Waals surface area contributed by atoms with Crippen LogP contribution in [0.2, 0.25) is 0 Å². The Morgan fingerprint density at radius 3 is 2.65 bits per heavy atom. The molecule has 1 aliphatic carbocycles. The van der Waals surface area contributed by atoms with E-state index in [9.17, 15) is 0 Å². The van der Waals surface area contributed by atoms with Crippen molar-refractivity contribution in [2.24, 2.45) is 5.84 Å². The normalized spacial score (nSPS) is 14.8. The fourth-order valence-electron chi connectivity index (χ4n) is 1.66. The minimum Gasteiger partial charge on any atom is -0.396 e. The van der Waals surface area contributed by atoms with Gasteiger partial charge in [-0.3, -0.25) is 0 Å². The van der Waals surface area contributed by atoms with Gasteiger partial charge >= 0.3 is 0 Å². The van der Waals surface area contributed by atoms with Gasteiger partial charge in [-0.2, -0.15) is 0 Å². The van der Waals surface area contributed by atoms with Crippen molar-refractivity contribution in [1.82, 2.24) is 9.97 Å². The molecule has 17 heavy (non-hydrogen) atoms. The average molecular weight is 237 g/mol. The van der Waals surface area contributed by atoms with Gasteiger partial charge < -0.3 is 15.8 Å². The molecule has 5 N–H and O–H groups in total. The lowest BCUT2D eigenvalue weighted by Gasteiger charge is -2.13. The summed E-state index contributed by atoms with van der Waals surface area (Å²) in [5, 5.41) is 12.0. The number of nitrogen functional groups attached to an aromatic ring is 1. The zero-order chi connectivity index (χ0) is 12.3. The highest BCUT2D eigenvalue weighted by atomic mass is 16.3. The van der Waals surface area contributed by atoms with Crippen LogP contribution in [0.3, 0.4) is 0 Å². The van der Waals surface area contributed by atoms with Crippen molar-refractivity contribution in [3.63, 3.8) is 0 Å². The second kappa shape index (κ2) is 5.29. The Hall–Kier alpha value is -1.40. The molecule has 1 aromatic rings. The molecule has 1 aliphatic rings. The number of hydrogen-bond donors (Lipinski definition) is 4. The maximum absolute atomic E-state index is 8.76. The number of rotatable bonds is 6. The highest BCUT2D eigenvalue weighted by Gasteiger charge is 2.28. The van der Waals surface area contributed by atoms with Crippen molar-refractivity contribution < 1.29 is 5.11 Å². The molecule has 94 valence electrons. The molecule has 2 rings (SSSR count). The fraction of sp³-hybridized carbons (Fsp3) is 0.636. The average Bonchev–Trinajstić information content (AvgIpc) is 3.15. The van der Waals surface area contributed by atoms with Gasteiger partial charge in [-0.25, -0.2) is 15.8 Å². The summed E-state index contributed by atoms with van der Waals surface area (Å²) in [5.74, 6) is 8.28. The van der Waals surface area contributed by atoms with Crippen molar-refractivity contribution >= 4 is 11.6 Å². The Labute approximate surface area is 101 Å². The lowest BCUT2D eigenvalue weighted by atomic mass is 10.2. The number of nitrogens with one attached hydrogen (secondary N) is 2. The van der Waals surface area contributed by atoms with Crippen molar-refractivity contribution in [2.75, 3.05) is 23.9 Å². The molecule has 0 atom stereocenters. The number of aliphatic hydroxyl groups is 1. The summed E-state index contributed by atoms with van der Waals surface area (Å²) in [6.07, 6.45) is 3.01. The molecule has 1 fully saturated rings. The minimum atomic E-state index is 0.175. The fourth-order valence-corrected chi connectivity index (χ4v) is 1.66. The lowest BCUT2D eigenvalue weighted by Crippen LogP contribution is -2.15. The number of aliphatic hydroxyl groups excluding tert-OH is 1. The van der Waals surface area contributed by atoms with E-state index in [0.29, 0.717) is 24.7 Å². The maximum Gasteiger partial charge on any atom is 0.148 e. The highest BCUT2D eigenvalue weighted by Crippen LogP contribution is 2.39. The third-order valence-electron chi connectivity index (χ3n) is 2.87. The van der Waals surface area contributed by atoms with E-state index in [2.05, 4.69) is 20.7 Å². The second-order valence-corrected chi connectivity index (χ2v) is 4.33. The van der Waals surface area contributed by atoms with E-state index in [0.717, 1.165) is 30.0 Å². The molecule has 0 unspecified atom stereocenters. The van der Waals surface area contributed by atoms with Gasteiger partial charge in [-0.15, -0.1) is 0 Å². The van der Waals surface area contributed by atoms with E-state index in [1.165, 1.54) is 0 Å². The van der Waals surface area contributed by atoms with Crippen LogP contribution in [-0.4, -0.2) is 28.2 Å². The number of aromatic nitrogens is 2. The van der Waals surface area contributed by atoms with Crippen molar-refractivity contribution in [3.05, 3.63) is 11.4 Å². The predicted molar refractivity (Wildman–Crippen MR) is 66.7 cm³/mol. The van der Waals surface area contributed by atoms with Gasteiger partial charge in [-0.05, 0) is 26.2 Å². The first kappa shape index (κ1) is 12.1. The third kappa shape index (κ3) is 2.83. The molecular weight excluding hydrogens is 218 g/mol. The Kier molecular flexibility index (Phi) is 3.75. The van der Waals surface area contributed by atoms with E-state index in [4.69, 9.17) is 10.9 Å². The zero-order valence-electron chi connectivity index (χ0n) is 10.0. The molecule has 0 aliphatic heterocycles. The standard InChI is InChI=1S/C11H19N5O/c1-7-9(13-5-2-6-17)14-11(8-3-4-8)15-10(7)16-12/h8,17H,2-6,12H2,1H3,(H2,13,14,15,16). The molecule has 1 saturated carbocycles. The molecule has 0 spiro atoms. The van der Waals surface area contributed by atoms with Gasteiger partial charge in [0, 0.05) is 24.6 Å². The molecular formula is C11H19N5O. The van der Waals surface area contributed by atoms with Gasteiger partial charge in [0.15, 0.2) is 0 Å². The SMILES string of the molecule is Cc1c(NN)nc(C2CC2)nc1NCCCO. The predicted octanol–water partition coefficient (Wildman–Crippen LogP) is 0.742. The van der Waals surface area contributed by atoms with Crippen LogP contribution in [0, 0.1) is 6.92 Å². The van der Waals surface area contributed by atoms with Gasteiger partial charge in [0.2, 0.25) is 0 Å². The Morgan fingerprint density at radius 2 is 2.06 bits per heavy atom. The largest absolute Gasteiger partial charge is 0.396 e. The van der Waals surface area contributed by atoms with E-state index in [1.54, 1.807) is 0 Å². The summed E-state index contributed by atoms with van der Waals surface area (Å²) in [6, 6.07) is 0. The monoisotopic (exact) mass is 237 g/mol. The lowest BCUT2D eigenvalue weighted by molar-refractivity contribution is 0.292. The van der Waals surface area contributed by atoms with Gasteiger partial charge in [0.25, 0.3) is 0 Å². The maximum atomic E-state index is 8.76. The molecule has 0 saturated heterocycles. The highest BCUT2D eigenvalue weighted by molar-refractivity contribution is 5.57. The number of hydrazine groups is 1. The first-order valence-electron chi connectivity index (χ1n) is 5.96. The van der Waals surface area contributed by atoms with Crippen LogP contribution in [0.15, 0.2) is 0 Å². The third-order valence-corrected chi connectivity index (χ3v) is 2.87. The zero-order valence-corrected chi connectivity index (χ0v) is 10.0. The molecule has 0 bridgehead atoms. The van der Waals surface area contributed by atoms with E-state index < -0.39 is 0 Å². The summed E-state index contributed by atoms with van der Waals surface area (Å²) in [5.41, 5.74) is 3.52. The number of hydrogen-bond acceptors (Lipinski definition) is 6. The van der Waals surface area contributed by atoms with Crippen LogP contribution in [0.1, 0.15) is 36.6 Å². The molecule has 1 heterocycles. The van der Waals surface area contributed by atoms with Crippen molar-refractivity contribution in [3.8, 4) is 0 Å². The summed E-state index contributed by atoms with van der Waals surface area (Å²) in [4.78, 5) is 8.92. The smallest absolute Gasteiger partial charge is 0.148 e. The summed E-state index contributed by atoms with van der Waals surface area (Å²) >= 11 is 0. The first-order valence-corrected chi connectivity index (χ1v) is 5.96. The van der Waals surface area contributed by atoms with Crippen LogP contribution in [0.4, 0.5) is 11.6 Å². The van der Waals surface area contributed by atoms with E-state index in [1.807, 2.05) is 6.92 Å². The molecule has 0 radical (unpaired) electrons. The minimum absolute atomic E-state index is 0.175. The quantitative estimate of drug-likeness (QED) is 0.331. The first-order chi connectivity index (χ1) is 8.26. The van der Waals surface area contributed by atoms with Crippen LogP contribution in [0.5, 0.6) is 0 Å². The number of nitrogens with two attached hydrogens (primary N) is 1. The Bertz CT molecular complexity index is 392.